The molecule has 0 saturated heterocycles. The molecule has 0 spiro atoms. The highest BCUT2D eigenvalue weighted by atomic mass is 16.3. The molecule has 0 saturated carbocycles. The Bertz CT molecular complexity index is 579. The molecule has 0 heterocycles. The molecule has 0 aromatic heterocycles. The van der Waals surface area contributed by atoms with Crippen LogP contribution in [0.2, 0.25) is 0 Å². The van der Waals surface area contributed by atoms with Gasteiger partial charge in [-0.25, -0.2) is 0 Å². The predicted octanol–water partition coefficient (Wildman–Crippen LogP) is 2.33. The second-order valence-corrected chi connectivity index (χ2v) is 5.06. The minimum absolute atomic E-state index is 0.277. The Labute approximate surface area is 125 Å². The second-order valence-electron chi connectivity index (χ2n) is 5.06. The summed E-state index contributed by atoms with van der Waals surface area (Å²) in [4.78, 5) is 4.17. The van der Waals surface area contributed by atoms with Gasteiger partial charge in [0.15, 0.2) is 5.96 Å². The number of aliphatic hydroxyl groups is 1. The topological polar surface area (TPSA) is 70.6 Å². The van der Waals surface area contributed by atoms with E-state index in [-0.39, 0.29) is 6.54 Å². The van der Waals surface area contributed by atoms with Gasteiger partial charge in [0.2, 0.25) is 0 Å². The lowest BCUT2D eigenvalue weighted by molar-refractivity contribution is 0.184. The van der Waals surface area contributed by atoms with Crippen molar-refractivity contribution < 1.29 is 5.11 Å². The van der Waals surface area contributed by atoms with E-state index >= 15 is 0 Å². The minimum atomic E-state index is -0.536. The first kappa shape index (κ1) is 15.1. The van der Waals surface area contributed by atoms with Gasteiger partial charge in [-0.1, -0.05) is 48.0 Å². The number of nitrogens with zero attached hydrogens (tertiary/aromatic N) is 1. The van der Waals surface area contributed by atoms with E-state index in [1.165, 1.54) is 5.56 Å². The standard InChI is InChI=1S/C17H21N3O/c1-13-7-9-15(10-8-13)20-17(18)19-12-16(21)11-14-5-3-2-4-6-14/h2-10,16,21H,11-12H2,1H3,(H3,18,19,20). The molecule has 1 unspecified atom stereocenters. The molecule has 2 aromatic carbocycles. The summed E-state index contributed by atoms with van der Waals surface area (Å²) in [5.41, 5.74) is 8.98. The van der Waals surface area contributed by atoms with Gasteiger partial charge in [-0.15, -0.1) is 0 Å². The number of aliphatic imine (C=N–C) groups is 1. The van der Waals surface area contributed by atoms with Crippen LogP contribution in [0.15, 0.2) is 59.6 Å². The molecule has 110 valence electrons. The normalized spacial score (nSPS) is 13.0. The number of aliphatic hydroxyl groups excluding tert-OH is 1. The second kappa shape index (κ2) is 7.45. The molecule has 2 aromatic rings. The summed E-state index contributed by atoms with van der Waals surface area (Å²) in [6.07, 6.45) is 0.0353. The summed E-state index contributed by atoms with van der Waals surface area (Å²) in [6, 6.07) is 17.7. The van der Waals surface area contributed by atoms with Gasteiger partial charge < -0.3 is 16.2 Å². The van der Waals surface area contributed by atoms with Crippen molar-refractivity contribution in [1.82, 2.24) is 0 Å². The van der Waals surface area contributed by atoms with Gasteiger partial charge in [0.05, 0.1) is 12.6 Å². The molecule has 2 rings (SSSR count). The summed E-state index contributed by atoms with van der Waals surface area (Å²) in [5, 5.41) is 13.0. The fourth-order valence-electron chi connectivity index (χ4n) is 1.98. The summed E-state index contributed by atoms with van der Waals surface area (Å²) < 4.78 is 0. The molecule has 21 heavy (non-hydrogen) atoms. The van der Waals surface area contributed by atoms with Gasteiger partial charge in [0.25, 0.3) is 0 Å². The number of hydrogen-bond acceptors (Lipinski definition) is 2. The molecule has 0 aliphatic carbocycles. The van der Waals surface area contributed by atoms with Crippen LogP contribution in [0.25, 0.3) is 0 Å². The maximum atomic E-state index is 9.96. The molecule has 1 atom stereocenters. The lowest BCUT2D eigenvalue weighted by Gasteiger charge is -2.10. The molecular formula is C17H21N3O. The van der Waals surface area contributed by atoms with Crippen LogP contribution in [-0.4, -0.2) is 23.7 Å². The smallest absolute Gasteiger partial charge is 0.193 e. The molecule has 0 bridgehead atoms. The van der Waals surface area contributed by atoms with Crippen molar-refractivity contribution in [3.8, 4) is 0 Å². The van der Waals surface area contributed by atoms with Crippen LogP contribution in [0.4, 0.5) is 5.69 Å². The Kier molecular flexibility index (Phi) is 5.35. The molecular weight excluding hydrogens is 262 g/mol. The molecule has 4 nitrogen and oxygen atoms in total. The summed E-state index contributed by atoms with van der Waals surface area (Å²) in [5.74, 6) is 0.311. The lowest BCUT2D eigenvalue weighted by Crippen LogP contribution is -2.25. The summed E-state index contributed by atoms with van der Waals surface area (Å²) >= 11 is 0. The van der Waals surface area contributed by atoms with E-state index in [4.69, 9.17) is 5.73 Å². The van der Waals surface area contributed by atoms with E-state index in [1.807, 2.05) is 61.5 Å². The van der Waals surface area contributed by atoms with Crippen LogP contribution in [0.1, 0.15) is 11.1 Å². The minimum Gasteiger partial charge on any atom is -0.391 e. The third-order valence-corrected chi connectivity index (χ3v) is 3.11. The highest BCUT2D eigenvalue weighted by Gasteiger charge is 2.05. The van der Waals surface area contributed by atoms with Crippen LogP contribution in [-0.2, 0) is 6.42 Å². The fraction of sp³-hybridized carbons (Fsp3) is 0.235. The maximum absolute atomic E-state index is 9.96. The van der Waals surface area contributed by atoms with E-state index in [1.54, 1.807) is 0 Å². The molecule has 4 heteroatoms. The zero-order chi connectivity index (χ0) is 15.1. The van der Waals surface area contributed by atoms with E-state index in [0.717, 1.165) is 11.3 Å². The van der Waals surface area contributed by atoms with Crippen LogP contribution in [0.3, 0.4) is 0 Å². The molecule has 4 N–H and O–H groups in total. The average Bonchev–Trinajstić information content (AvgIpc) is 2.49. The average molecular weight is 283 g/mol. The third-order valence-electron chi connectivity index (χ3n) is 3.11. The number of benzene rings is 2. The van der Waals surface area contributed by atoms with Crippen molar-refractivity contribution in [1.29, 1.82) is 0 Å². The monoisotopic (exact) mass is 283 g/mol. The van der Waals surface area contributed by atoms with E-state index in [9.17, 15) is 5.11 Å². The highest BCUT2D eigenvalue weighted by Crippen LogP contribution is 2.08. The van der Waals surface area contributed by atoms with Gasteiger partial charge in [0, 0.05) is 12.1 Å². The highest BCUT2D eigenvalue weighted by molar-refractivity contribution is 5.92. The van der Waals surface area contributed by atoms with Crippen LogP contribution >= 0.6 is 0 Å². The Morgan fingerprint density at radius 1 is 1.14 bits per heavy atom. The predicted molar refractivity (Wildman–Crippen MR) is 87.4 cm³/mol. The summed E-state index contributed by atoms with van der Waals surface area (Å²) in [6.45, 7) is 2.31. The number of nitrogens with two attached hydrogens (primary N) is 1. The number of rotatable bonds is 5. The SMILES string of the molecule is Cc1ccc(NC(N)=NCC(O)Cc2ccccc2)cc1. The zero-order valence-corrected chi connectivity index (χ0v) is 12.2. The van der Waals surface area contributed by atoms with Crippen molar-refractivity contribution in [2.24, 2.45) is 10.7 Å². The van der Waals surface area contributed by atoms with Crippen LogP contribution < -0.4 is 11.1 Å². The zero-order valence-electron chi connectivity index (χ0n) is 12.2. The number of aryl methyl sites for hydroxylation is 1. The molecule has 0 radical (unpaired) electrons. The van der Waals surface area contributed by atoms with Crippen LogP contribution in [0, 0.1) is 6.92 Å². The van der Waals surface area contributed by atoms with Crippen molar-refractivity contribution in [3.63, 3.8) is 0 Å². The van der Waals surface area contributed by atoms with Crippen LogP contribution in [0.5, 0.6) is 0 Å². The molecule has 0 fully saturated rings. The van der Waals surface area contributed by atoms with Crippen molar-refractivity contribution in [3.05, 3.63) is 65.7 Å². The number of hydrogen-bond donors (Lipinski definition) is 3. The first-order chi connectivity index (χ1) is 10.1. The van der Waals surface area contributed by atoms with Crippen molar-refractivity contribution in [2.45, 2.75) is 19.4 Å². The fourth-order valence-corrected chi connectivity index (χ4v) is 1.98. The third kappa shape index (κ3) is 5.28. The largest absolute Gasteiger partial charge is 0.391 e. The van der Waals surface area contributed by atoms with Gasteiger partial charge in [-0.05, 0) is 24.6 Å². The summed E-state index contributed by atoms with van der Waals surface area (Å²) in [7, 11) is 0. The first-order valence-electron chi connectivity index (χ1n) is 6.99. The first-order valence-corrected chi connectivity index (χ1v) is 6.99. The molecule has 0 amide bonds. The van der Waals surface area contributed by atoms with Crippen molar-refractivity contribution >= 4 is 11.6 Å². The van der Waals surface area contributed by atoms with E-state index in [0.29, 0.717) is 12.4 Å². The Balaban J connectivity index is 1.83. The Hall–Kier alpha value is -2.33. The van der Waals surface area contributed by atoms with Crippen molar-refractivity contribution in [2.75, 3.05) is 11.9 Å². The quantitative estimate of drug-likeness (QED) is 0.582. The van der Waals surface area contributed by atoms with Gasteiger partial charge in [-0.2, -0.15) is 0 Å². The molecule has 0 aliphatic rings. The van der Waals surface area contributed by atoms with Gasteiger partial charge in [-0.3, -0.25) is 4.99 Å². The van der Waals surface area contributed by atoms with E-state index < -0.39 is 6.10 Å². The lowest BCUT2D eigenvalue weighted by atomic mass is 10.1. The Morgan fingerprint density at radius 2 is 1.81 bits per heavy atom. The number of anilines is 1. The maximum Gasteiger partial charge on any atom is 0.193 e. The van der Waals surface area contributed by atoms with Gasteiger partial charge >= 0.3 is 0 Å². The van der Waals surface area contributed by atoms with Gasteiger partial charge in [0.1, 0.15) is 0 Å². The molecule has 0 aliphatic heterocycles. The van der Waals surface area contributed by atoms with E-state index in [2.05, 4.69) is 10.3 Å². The number of nitrogens with one attached hydrogen (secondary N) is 1. The number of guanidine groups is 1. The Morgan fingerprint density at radius 3 is 2.48 bits per heavy atom.